The van der Waals surface area contributed by atoms with Gasteiger partial charge in [-0.25, -0.2) is 4.79 Å². The number of esters is 1. The highest BCUT2D eigenvalue weighted by Crippen LogP contribution is 2.22. The van der Waals surface area contributed by atoms with Gasteiger partial charge in [0, 0.05) is 13.1 Å². The topological polar surface area (TPSA) is 71.8 Å². The minimum Gasteiger partial charge on any atom is -0.459 e. The number of carbonyl (C=O) groups excluding carboxylic acids is 1. The van der Waals surface area contributed by atoms with Crippen molar-refractivity contribution in [1.82, 2.24) is 4.90 Å². The normalized spacial score (nSPS) is 24.7. The molecular formula is C17H24N2O4. The third-order valence-electron chi connectivity index (χ3n) is 3.76. The smallest absolute Gasteiger partial charge is 0.348 e. The van der Waals surface area contributed by atoms with Crippen LogP contribution in [0.25, 0.3) is 0 Å². The van der Waals surface area contributed by atoms with Crippen molar-refractivity contribution in [3.05, 3.63) is 23.9 Å². The lowest BCUT2D eigenvalue weighted by Crippen LogP contribution is -2.25. The fraction of sp³-hybridized carbons (Fsp3) is 0.647. The zero-order chi connectivity index (χ0) is 16.7. The van der Waals surface area contributed by atoms with E-state index in [-0.39, 0.29) is 18.3 Å². The van der Waals surface area contributed by atoms with Crippen LogP contribution in [0.2, 0.25) is 0 Å². The second-order valence-electron chi connectivity index (χ2n) is 6.18. The van der Waals surface area contributed by atoms with Gasteiger partial charge < -0.3 is 19.1 Å². The Hall–Kier alpha value is -1.84. The van der Waals surface area contributed by atoms with Crippen LogP contribution in [0, 0.1) is 11.3 Å². The number of likely N-dealkylation sites (tertiary alicyclic amines) is 1. The van der Waals surface area contributed by atoms with Gasteiger partial charge in [-0.15, -0.1) is 0 Å². The Morgan fingerprint density at radius 1 is 1.39 bits per heavy atom. The van der Waals surface area contributed by atoms with Gasteiger partial charge in [0.05, 0.1) is 6.61 Å². The van der Waals surface area contributed by atoms with E-state index in [2.05, 4.69) is 4.90 Å². The first-order valence-electron chi connectivity index (χ1n) is 8.02. The van der Waals surface area contributed by atoms with E-state index >= 15 is 0 Å². The van der Waals surface area contributed by atoms with Crippen LogP contribution in [0.3, 0.4) is 0 Å². The third kappa shape index (κ3) is 5.70. The van der Waals surface area contributed by atoms with Crippen LogP contribution in [0.5, 0.6) is 0 Å². The second kappa shape index (κ2) is 8.14. The quantitative estimate of drug-likeness (QED) is 0.334. The zero-order valence-corrected chi connectivity index (χ0v) is 13.8. The van der Waals surface area contributed by atoms with Crippen LogP contribution in [0.15, 0.2) is 23.9 Å². The number of piperidine rings is 1. The van der Waals surface area contributed by atoms with Gasteiger partial charge in [-0.05, 0) is 51.5 Å². The van der Waals surface area contributed by atoms with E-state index in [0.717, 1.165) is 13.1 Å². The summed E-state index contributed by atoms with van der Waals surface area (Å²) in [7, 11) is 0. The Balaban J connectivity index is 1.80. The van der Waals surface area contributed by atoms with Crippen LogP contribution in [0.1, 0.15) is 33.1 Å². The van der Waals surface area contributed by atoms with E-state index in [1.807, 2.05) is 12.3 Å². The summed E-state index contributed by atoms with van der Waals surface area (Å²) in [5, 5.41) is 9.09. The van der Waals surface area contributed by atoms with Gasteiger partial charge in [0.15, 0.2) is 5.79 Å². The van der Waals surface area contributed by atoms with Gasteiger partial charge in [0.2, 0.25) is 0 Å². The molecule has 0 bridgehead atoms. The molecule has 2 fully saturated rings. The van der Waals surface area contributed by atoms with Crippen molar-refractivity contribution < 1.29 is 19.0 Å². The summed E-state index contributed by atoms with van der Waals surface area (Å²) in [6.45, 7) is 6.11. The number of rotatable bonds is 5. The Morgan fingerprint density at radius 3 is 2.74 bits per heavy atom. The molecule has 0 aromatic rings. The van der Waals surface area contributed by atoms with Crippen LogP contribution in [-0.4, -0.2) is 49.1 Å². The lowest BCUT2D eigenvalue weighted by molar-refractivity contribution is -0.155. The Bertz CT molecular complexity index is 513. The third-order valence-corrected chi connectivity index (χ3v) is 3.76. The molecule has 6 nitrogen and oxygen atoms in total. The minimum absolute atomic E-state index is 0.0172. The molecule has 0 aromatic carbocycles. The molecular weight excluding hydrogens is 296 g/mol. The van der Waals surface area contributed by atoms with Crippen LogP contribution in [0.4, 0.5) is 0 Å². The summed E-state index contributed by atoms with van der Waals surface area (Å²) in [4.78, 5) is 14.1. The van der Waals surface area contributed by atoms with Gasteiger partial charge in [-0.2, -0.15) is 5.26 Å². The summed E-state index contributed by atoms with van der Waals surface area (Å²) in [6.07, 6.45) is 8.47. The van der Waals surface area contributed by atoms with Crippen molar-refractivity contribution >= 4 is 5.97 Å². The van der Waals surface area contributed by atoms with E-state index in [1.54, 1.807) is 19.9 Å². The van der Waals surface area contributed by atoms with Crippen molar-refractivity contribution in [1.29, 1.82) is 5.26 Å². The molecule has 126 valence electrons. The molecule has 0 N–H and O–H groups in total. The van der Waals surface area contributed by atoms with Crippen molar-refractivity contribution in [2.45, 2.75) is 45.0 Å². The number of nitrogens with zero attached hydrogens (tertiary/aromatic N) is 2. The van der Waals surface area contributed by atoms with Crippen molar-refractivity contribution in [3.8, 4) is 6.07 Å². The highest BCUT2D eigenvalue weighted by Gasteiger charge is 2.33. The number of allylic oxidation sites excluding steroid dienone is 2. The maximum atomic E-state index is 11.9. The Labute approximate surface area is 137 Å². The summed E-state index contributed by atoms with van der Waals surface area (Å²) < 4.78 is 16.1. The average Bonchev–Trinajstić information content (AvgIpc) is 2.89. The van der Waals surface area contributed by atoms with Gasteiger partial charge in [-0.1, -0.05) is 0 Å². The van der Waals surface area contributed by atoms with Crippen molar-refractivity contribution in [2.24, 2.45) is 0 Å². The first-order chi connectivity index (χ1) is 11.0. The summed E-state index contributed by atoms with van der Waals surface area (Å²) in [6, 6.07) is 1.88. The summed E-state index contributed by atoms with van der Waals surface area (Å²) in [5.41, 5.74) is -0.0172. The Morgan fingerprint density at radius 2 is 2.13 bits per heavy atom. The fourth-order valence-electron chi connectivity index (χ4n) is 2.57. The van der Waals surface area contributed by atoms with Crippen LogP contribution in [-0.2, 0) is 19.0 Å². The largest absolute Gasteiger partial charge is 0.459 e. The molecule has 2 aliphatic rings. The Kier molecular flexibility index (Phi) is 6.20. The highest BCUT2D eigenvalue weighted by atomic mass is 16.7. The lowest BCUT2D eigenvalue weighted by atomic mass is 10.1. The molecule has 0 aliphatic carbocycles. The zero-order valence-electron chi connectivity index (χ0n) is 13.8. The van der Waals surface area contributed by atoms with E-state index < -0.39 is 11.8 Å². The molecule has 0 aromatic heterocycles. The maximum absolute atomic E-state index is 11.9. The molecule has 0 amide bonds. The van der Waals surface area contributed by atoms with Gasteiger partial charge >= 0.3 is 5.97 Å². The number of carbonyl (C=O) groups is 1. The van der Waals surface area contributed by atoms with E-state index in [4.69, 9.17) is 19.5 Å². The molecule has 2 saturated heterocycles. The standard InChI is InChI=1S/C17H24N2O4/c1-17(2)22-13-15(23-17)12-21-16(20)14(11-18)7-6-10-19-8-4-3-5-9-19/h6-7,10,15H,3-5,8-9,12-13H2,1-2H3. The maximum Gasteiger partial charge on any atom is 0.348 e. The number of nitriles is 1. The molecule has 0 spiro atoms. The molecule has 6 heteroatoms. The predicted molar refractivity (Wildman–Crippen MR) is 84.1 cm³/mol. The highest BCUT2D eigenvalue weighted by molar-refractivity contribution is 5.93. The monoisotopic (exact) mass is 320 g/mol. The molecule has 1 unspecified atom stereocenters. The molecule has 23 heavy (non-hydrogen) atoms. The van der Waals surface area contributed by atoms with Crippen LogP contribution < -0.4 is 0 Å². The minimum atomic E-state index is -0.651. The van der Waals surface area contributed by atoms with Gasteiger partial charge in [-0.3, -0.25) is 0 Å². The van der Waals surface area contributed by atoms with Gasteiger partial charge in [0.1, 0.15) is 24.4 Å². The van der Waals surface area contributed by atoms with E-state index in [0.29, 0.717) is 6.61 Å². The number of hydrogen-bond acceptors (Lipinski definition) is 6. The molecule has 2 heterocycles. The SMILES string of the molecule is CC1(C)OCC(COC(=O)C(C#N)=CC=CN2CCCCC2)O1. The average molecular weight is 320 g/mol. The number of hydrogen-bond donors (Lipinski definition) is 0. The fourth-order valence-corrected chi connectivity index (χ4v) is 2.57. The molecule has 0 radical (unpaired) electrons. The van der Waals surface area contributed by atoms with Crippen LogP contribution >= 0.6 is 0 Å². The van der Waals surface area contributed by atoms with Crippen molar-refractivity contribution in [2.75, 3.05) is 26.3 Å². The number of ether oxygens (including phenoxy) is 3. The molecule has 2 rings (SSSR count). The summed E-state index contributed by atoms with van der Waals surface area (Å²) >= 11 is 0. The summed E-state index contributed by atoms with van der Waals surface area (Å²) in [5.74, 6) is -1.29. The first kappa shape index (κ1) is 17.5. The van der Waals surface area contributed by atoms with Crippen molar-refractivity contribution in [3.63, 3.8) is 0 Å². The molecule has 0 saturated carbocycles. The molecule has 1 atom stereocenters. The van der Waals surface area contributed by atoms with E-state index in [9.17, 15) is 4.79 Å². The lowest BCUT2D eigenvalue weighted by Gasteiger charge is -2.24. The molecule has 2 aliphatic heterocycles. The second-order valence-corrected chi connectivity index (χ2v) is 6.18. The predicted octanol–water partition coefficient (Wildman–Crippen LogP) is 2.13. The first-order valence-corrected chi connectivity index (χ1v) is 8.02. The van der Waals surface area contributed by atoms with Gasteiger partial charge in [0.25, 0.3) is 0 Å². The van der Waals surface area contributed by atoms with E-state index in [1.165, 1.54) is 25.3 Å².